The Kier molecular flexibility index (Phi) is 7.52. The maximum absolute atomic E-state index is 9.11. The van der Waals surface area contributed by atoms with Gasteiger partial charge in [-0.05, 0) is 25.7 Å². The fourth-order valence-electron chi connectivity index (χ4n) is 0.747. The topological polar surface area (TPSA) is 40.5 Å². The lowest BCUT2D eigenvalue weighted by Gasteiger charge is -2.01. The molecule has 0 aliphatic rings. The van der Waals surface area contributed by atoms with E-state index in [1.807, 2.05) is 19.1 Å². The van der Waals surface area contributed by atoms with Gasteiger partial charge < -0.3 is 10.2 Å². The summed E-state index contributed by atoms with van der Waals surface area (Å²) in [5.41, 5.74) is 0. The van der Waals surface area contributed by atoms with Gasteiger partial charge in [-0.3, -0.25) is 0 Å². The zero-order valence-electron chi connectivity index (χ0n) is 7.16. The van der Waals surface area contributed by atoms with Crippen molar-refractivity contribution >= 4 is 0 Å². The first-order valence-electron chi connectivity index (χ1n) is 4.25. The molecule has 0 aliphatic carbocycles. The number of allylic oxidation sites excluding steroid dienone is 1. The smallest absolute Gasteiger partial charge is 0.0572 e. The summed E-state index contributed by atoms with van der Waals surface area (Å²) in [5, 5.41) is 17.6. The highest BCUT2D eigenvalue weighted by molar-refractivity contribution is 4.83. The molecule has 0 heterocycles. The fourth-order valence-corrected chi connectivity index (χ4v) is 0.747. The van der Waals surface area contributed by atoms with Crippen molar-refractivity contribution < 1.29 is 10.2 Å². The summed E-state index contributed by atoms with van der Waals surface area (Å²) in [6, 6.07) is 0. The van der Waals surface area contributed by atoms with E-state index in [1.165, 1.54) is 0 Å². The van der Waals surface area contributed by atoms with E-state index in [0.29, 0.717) is 0 Å². The molecule has 0 aliphatic heterocycles. The minimum atomic E-state index is -0.194. The van der Waals surface area contributed by atoms with Gasteiger partial charge in [0.1, 0.15) is 0 Å². The first-order chi connectivity index (χ1) is 5.31. The Hall–Kier alpha value is -0.340. The molecule has 1 unspecified atom stereocenters. The molecule has 2 heteroatoms. The van der Waals surface area contributed by atoms with Gasteiger partial charge in [-0.15, -0.1) is 0 Å². The maximum Gasteiger partial charge on any atom is 0.0572 e. The third-order valence-corrected chi connectivity index (χ3v) is 1.57. The summed E-state index contributed by atoms with van der Waals surface area (Å²) >= 11 is 0. The zero-order valence-corrected chi connectivity index (χ0v) is 7.16. The maximum atomic E-state index is 9.11. The molecule has 0 amide bonds. The SMILES string of the molecule is CCC(O)C/C=C/CCCO. The highest BCUT2D eigenvalue weighted by Gasteiger charge is 1.94. The first kappa shape index (κ1) is 10.7. The molecule has 0 bridgehead atoms. The molecule has 1 atom stereocenters. The third-order valence-electron chi connectivity index (χ3n) is 1.57. The molecule has 0 saturated carbocycles. The van der Waals surface area contributed by atoms with Gasteiger partial charge in [0, 0.05) is 6.61 Å². The second-order valence-electron chi connectivity index (χ2n) is 2.64. The molecular formula is C9H18O2. The predicted molar refractivity (Wildman–Crippen MR) is 46.4 cm³/mol. The molecule has 0 spiro atoms. The van der Waals surface area contributed by atoms with E-state index < -0.39 is 0 Å². The molecule has 0 fully saturated rings. The predicted octanol–water partition coefficient (Wildman–Crippen LogP) is 1.48. The lowest BCUT2D eigenvalue weighted by atomic mass is 10.2. The van der Waals surface area contributed by atoms with Crippen LogP contribution in [0.5, 0.6) is 0 Å². The van der Waals surface area contributed by atoms with E-state index in [4.69, 9.17) is 10.2 Å². The van der Waals surface area contributed by atoms with E-state index >= 15 is 0 Å². The average Bonchev–Trinajstić information content (AvgIpc) is 2.04. The first-order valence-corrected chi connectivity index (χ1v) is 4.25. The van der Waals surface area contributed by atoms with E-state index in [9.17, 15) is 0 Å². The Morgan fingerprint density at radius 2 is 2.09 bits per heavy atom. The number of aliphatic hydroxyl groups excluding tert-OH is 2. The molecule has 0 aromatic heterocycles. The fraction of sp³-hybridized carbons (Fsp3) is 0.778. The van der Waals surface area contributed by atoms with Crippen LogP contribution in [0.25, 0.3) is 0 Å². The molecule has 11 heavy (non-hydrogen) atoms. The zero-order chi connectivity index (χ0) is 8.53. The van der Waals surface area contributed by atoms with Crippen molar-refractivity contribution in [3.05, 3.63) is 12.2 Å². The van der Waals surface area contributed by atoms with Crippen molar-refractivity contribution in [3.63, 3.8) is 0 Å². The summed E-state index contributed by atoms with van der Waals surface area (Å²) in [5.74, 6) is 0. The van der Waals surface area contributed by atoms with Gasteiger partial charge in [0.25, 0.3) is 0 Å². The van der Waals surface area contributed by atoms with Gasteiger partial charge in [-0.1, -0.05) is 19.1 Å². The number of hydrogen-bond acceptors (Lipinski definition) is 2. The average molecular weight is 158 g/mol. The lowest BCUT2D eigenvalue weighted by molar-refractivity contribution is 0.173. The van der Waals surface area contributed by atoms with Crippen LogP contribution in [0, 0.1) is 0 Å². The molecule has 66 valence electrons. The van der Waals surface area contributed by atoms with Crippen LogP contribution in [0.15, 0.2) is 12.2 Å². The molecule has 0 aromatic carbocycles. The molecule has 0 rings (SSSR count). The Bertz CT molecular complexity index is 99.7. The summed E-state index contributed by atoms with van der Waals surface area (Å²) in [4.78, 5) is 0. The quantitative estimate of drug-likeness (QED) is 0.454. The minimum absolute atomic E-state index is 0.194. The van der Waals surface area contributed by atoms with Gasteiger partial charge in [0.05, 0.1) is 6.10 Å². The number of unbranched alkanes of at least 4 members (excludes halogenated alkanes) is 1. The summed E-state index contributed by atoms with van der Waals surface area (Å²) in [7, 11) is 0. The van der Waals surface area contributed by atoms with Crippen molar-refractivity contribution in [1.82, 2.24) is 0 Å². The van der Waals surface area contributed by atoms with Crippen molar-refractivity contribution in [2.75, 3.05) is 6.61 Å². The van der Waals surface area contributed by atoms with Crippen LogP contribution >= 0.6 is 0 Å². The molecular weight excluding hydrogens is 140 g/mol. The van der Waals surface area contributed by atoms with E-state index in [2.05, 4.69) is 0 Å². The minimum Gasteiger partial charge on any atom is -0.396 e. The number of hydrogen-bond donors (Lipinski definition) is 2. The second-order valence-corrected chi connectivity index (χ2v) is 2.64. The Labute approximate surface area is 68.6 Å². The standard InChI is InChI=1S/C9H18O2/c1-2-9(11)7-5-3-4-6-8-10/h3,5,9-11H,2,4,6-8H2,1H3/b5-3+. The van der Waals surface area contributed by atoms with Crippen LogP contribution < -0.4 is 0 Å². The summed E-state index contributed by atoms with van der Waals surface area (Å²) in [6.07, 6.45) is 7.07. The van der Waals surface area contributed by atoms with Crippen LogP contribution in [-0.2, 0) is 0 Å². The van der Waals surface area contributed by atoms with Crippen molar-refractivity contribution in [3.8, 4) is 0 Å². The van der Waals surface area contributed by atoms with Crippen molar-refractivity contribution in [2.45, 2.75) is 38.7 Å². The molecule has 2 N–H and O–H groups in total. The van der Waals surface area contributed by atoms with Gasteiger partial charge in [-0.2, -0.15) is 0 Å². The monoisotopic (exact) mass is 158 g/mol. The molecule has 0 saturated heterocycles. The highest BCUT2D eigenvalue weighted by atomic mass is 16.3. The van der Waals surface area contributed by atoms with Gasteiger partial charge in [-0.25, -0.2) is 0 Å². The second kappa shape index (κ2) is 7.76. The third kappa shape index (κ3) is 7.56. The number of aliphatic hydroxyl groups is 2. The van der Waals surface area contributed by atoms with Crippen LogP contribution in [0.3, 0.4) is 0 Å². The molecule has 0 radical (unpaired) electrons. The van der Waals surface area contributed by atoms with Gasteiger partial charge in [0.15, 0.2) is 0 Å². The van der Waals surface area contributed by atoms with Crippen molar-refractivity contribution in [1.29, 1.82) is 0 Å². The Balaban J connectivity index is 3.15. The van der Waals surface area contributed by atoms with Crippen molar-refractivity contribution in [2.24, 2.45) is 0 Å². The van der Waals surface area contributed by atoms with Gasteiger partial charge in [0.2, 0.25) is 0 Å². The van der Waals surface area contributed by atoms with Gasteiger partial charge >= 0.3 is 0 Å². The van der Waals surface area contributed by atoms with Crippen LogP contribution in [0.1, 0.15) is 32.6 Å². The van der Waals surface area contributed by atoms with E-state index in [0.717, 1.165) is 25.7 Å². The van der Waals surface area contributed by atoms with E-state index in [-0.39, 0.29) is 12.7 Å². The lowest BCUT2D eigenvalue weighted by Crippen LogP contribution is -2.01. The van der Waals surface area contributed by atoms with Crippen LogP contribution in [0.4, 0.5) is 0 Å². The molecule has 2 nitrogen and oxygen atoms in total. The Morgan fingerprint density at radius 1 is 1.36 bits per heavy atom. The number of rotatable bonds is 6. The Morgan fingerprint density at radius 3 is 2.64 bits per heavy atom. The summed E-state index contributed by atoms with van der Waals surface area (Å²) < 4.78 is 0. The largest absolute Gasteiger partial charge is 0.396 e. The van der Waals surface area contributed by atoms with Crippen LogP contribution in [0.2, 0.25) is 0 Å². The normalized spacial score (nSPS) is 14.1. The van der Waals surface area contributed by atoms with E-state index in [1.54, 1.807) is 0 Å². The summed E-state index contributed by atoms with van der Waals surface area (Å²) in [6.45, 7) is 2.22. The molecule has 0 aromatic rings. The highest BCUT2D eigenvalue weighted by Crippen LogP contribution is 1.99. The van der Waals surface area contributed by atoms with Crippen LogP contribution in [-0.4, -0.2) is 22.9 Å².